The van der Waals surface area contributed by atoms with Gasteiger partial charge in [0.15, 0.2) is 0 Å². The molecule has 0 saturated heterocycles. The van der Waals surface area contributed by atoms with Crippen LogP contribution >= 0.6 is 0 Å². The van der Waals surface area contributed by atoms with Gasteiger partial charge in [-0.2, -0.15) is 0 Å². The van der Waals surface area contributed by atoms with Gasteiger partial charge in [0.2, 0.25) is 11.8 Å². The van der Waals surface area contributed by atoms with Crippen LogP contribution in [0.1, 0.15) is 51.0 Å². The molecule has 1 aliphatic carbocycles. The Balaban J connectivity index is 1.94. The number of rotatable bonds is 8. The molecule has 1 unspecified atom stereocenters. The molecule has 1 fully saturated rings. The quantitative estimate of drug-likeness (QED) is 0.728. The monoisotopic (exact) mass is 378 g/mol. The predicted octanol–water partition coefficient (Wildman–Crippen LogP) is 2.71. The third-order valence-corrected chi connectivity index (χ3v) is 4.87. The number of carbonyl (C=O) groups is 3. The van der Waals surface area contributed by atoms with E-state index in [2.05, 4.69) is 5.32 Å². The first kappa shape index (κ1) is 20.9. The van der Waals surface area contributed by atoms with Gasteiger partial charge >= 0.3 is 5.97 Å². The molecular formula is C20H27FN2O4. The Labute approximate surface area is 158 Å². The number of carboxylic acids is 1. The second-order valence-electron chi connectivity index (χ2n) is 7.21. The Morgan fingerprint density at radius 2 is 1.81 bits per heavy atom. The van der Waals surface area contributed by atoms with Crippen molar-refractivity contribution in [3.63, 3.8) is 0 Å². The number of carboxylic acid groups (broad SMARTS) is 1. The number of nitrogens with one attached hydrogen (secondary N) is 1. The molecule has 7 heteroatoms. The van der Waals surface area contributed by atoms with Crippen molar-refractivity contribution < 1.29 is 23.9 Å². The Bertz CT molecular complexity index is 656. The Morgan fingerprint density at radius 3 is 2.41 bits per heavy atom. The second kappa shape index (κ2) is 10.0. The third kappa shape index (κ3) is 7.00. The summed E-state index contributed by atoms with van der Waals surface area (Å²) >= 11 is 0. The smallest absolute Gasteiger partial charge is 0.323 e. The Hall–Kier alpha value is -2.44. The van der Waals surface area contributed by atoms with Gasteiger partial charge in [-0.1, -0.05) is 31.4 Å². The van der Waals surface area contributed by atoms with Crippen LogP contribution in [0.25, 0.3) is 0 Å². The fourth-order valence-corrected chi connectivity index (χ4v) is 3.47. The van der Waals surface area contributed by atoms with E-state index in [0.29, 0.717) is 17.9 Å². The maximum Gasteiger partial charge on any atom is 0.323 e. The molecule has 1 aromatic rings. The maximum atomic E-state index is 13.0. The van der Waals surface area contributed by atoms with E-state index in [-0.39, 0.29) is 12.5 Å². The lowest BCUT2D eigenvalue weighted by atomic mass is 9.87. The number of benzene rings is 1. The van der Waals surface area contributed by atoms with E-state index < -0.39 is 30.3 Å². The van der Waals surface area contributed by atoms with Gasteiger partial charge in [0, 0.05) is 13.0 Å². The average molecular weight is 378 g/mol. The predicted molar refractivity (Wildman–Crippen MR) is 98.2 cm³/mol. The van der Waals surface area contributed by atoms with Gasteiger partial charge in [0.05, 0.1) is 0 Å². The van der Waals surface area contributed by atoms with Gasteiger partial charge < -0.3 is 15.3 Å². The van der Waals surface area contributed by atoms with Crippen LogP contribution in [0.4, 0.5) is 4.39 Å². The summed E-state index contributed by atoms with van der Waals surface area (Å²) < 4.78 is 13.0. The largest absolute Gasteiger partial charge is 0.480 e. The number of hydrogen-bond donors (Lipinski definition) is 2. The summed E-state index contributed by atoms with van der Waals surface area (Å²) in [4.78, 5) is 37.2. The van der Waals surface area contributed by atoms with E-state index >= 15 is 0 Å². The molecule has 0 spiro atoms. The molecule has 0 radical (unpaired) electrons. The molecule has 148 valence electrons. The minimum Gasteiger partial charge on any atom is -0.480 e. The van der Waals surface area contributed by atoms with Crippen LogP contribution in [0.3, 0.4) is 0 Å². The van der Waals surface area contributed by atoms with Crippen LogP contribution in [0.15, 0.2) is 24.3 Å². The van der Waals surface area contributed by atoms with Crippen molar-refractivity contribution in [3.05, 3.63) is 35.6 Å². The molecule has 0 heterocycles. The van der Waals surface area contributed by atoms with Gasteiger partial charge in [-0.15, -0.1) is 0 Å². The van der Waals surface area contributed by atoms with Crippen LogP contribution in [0, 0.1) is 11.7 Å². The summed E-state index contributed by atoms with van der Waals surface area (Å²) in [5.74, 6) is -1.85. The highest BCUT2D eigenvalue weighted by Gasteiger charge is 2.25. The molecule has 2 N–H and O–H groups in total. The van der Waals surface area contributed by atoms with E-state index in [9.17, 15) is 18.8 Å². The molecule has 1 atom stereocenters. The van der Waals surface area contributed by atoms with E-state index in [0.717, 1.165) is 30.6 Å². The highest BCUT2D eigenvalue weighted by Crippen LogP contribution is 2.26. The minimum absolute atomic E-state index is 0.0360. The summed E-state index contributed by atoms with van der Waals surface area (Å²) in [6, 6.07) is 4.71. The number of carbonyl (C=O) groups excluding carboxylic acids is 2. The molecule has 0 bridgehead atoms. The van der Waals surface area contributed by atoms with Crippen LogP contribution in [-0.2, 0) is 20.9 Å². The number of hydrogen-bond acceptors (Lipinski definition) is 3. The minimum atomic E-state index is -1.15. The second-order valence-corrected chi connectivity index (χ2v) is 7.21. The van der Waals surface area contributed by atoms with E-state index in [1.807, 2.05) is 0 Å². The van der Waals surface area contributed by atoms with Gasteiger partial charge in [-0.25, -0.2) is 4.39 Å². The lowest BCUT2D eigenvalue weighted by Gasteiger charge is -2.26. The molecule has 0 aromatic heterocycles. The molecule has 2 amide bonds. The Kier molecular flexibility index (Phi) is 7.76. The maximum absolute atomic E-state index is 13.0. The summed E-state index contributed by atoms with van der Waals surface area (Å²) in [6.07, 6.45) is 5.94. The molecule has 0 aliphatic heterocycles. The first-order valence-electron chi connectivity index (χ1n) is 9.39. The fraction of sp³-hybridized carbons (Fsp3) is 0.550. The molecular weight excluding hydrogens is 351 g/mol. The number of nitrogens with zero attached hydrogens (tertiary/aromatic N) is 1. The molecule has 1 aliphatic rings. The first-order chi connectivity index (χ1) is 12.8. The summed E-state index contributed by atoms with van der Waals surface area (Å²) in [6.45, 7) is 1.11. The first-order valence-corrected chi connectivity index (χ1v) is 9.39. The van der Waals surface area contributed by atoms with Crippen LogP contribution in [0.5, 0.6) is 0 Å². The SMILES string of the molecule is CC(NC(=O)CC1CCCCC1)C(=O)N(CC(=O)O)Cc1ccc(F)cc1. The molecule has 1 aromatic carbocycles. The third-order valence-electron chi connectivity index (χ3n) is 4.87. The summed E-state index contributed by atoms with van der Waals surface area (Å²) in [7, 11) is 0. The standard InChI is InChI=1S/C20H27FN2O4/c1-14(22-18(24)11-15-5-3-2-4-6-15)20(27)23(13-19(25)26)12-16-7-9-17(21)10-8-16/h7-10,14-15H,2-6,11-13H2,1H3,(H,22,24)(H,25,26). The fourth-order valence-electron chi connectivity index (χ4n) is 3.47. The topological polar surface area (TPSA) is 86.7 Å². The van der Waals surface area contributed by atoms with Crippen LogP contribution in [-0.4, -0.2) is 40.4 Å². The number of amides is 2. The normalized spacial score (nSPS) is 15.8. The van der Waals surface area contributed by atoms with Crippen molar-refractivity contribution in [2.75, 3.05) is 6.54 Å². The Morgan fingerprint density at radius 1 is 1.19 bits per heavy atom. The zero-order valence-electron chi connectivity index (χ0n) is 15.6. The van der Waals surface area contributed by atoms with Crippen molar-refractivity contribution >= 4 is 17.8 Å². The van der Waals surface area contributed by atoms with Crippen molar-refractivity contribution in [3.8, 4) is 0 Å². The van der Waals surface area contributed by atoms with Crippen molar-refractivity contribution in [1.82, 2.24) is 10.2 Å². The van der Waals surface area contributed by atoms with Gasteiger partial charge in [-0.05, 0) is 43.4 Å². The molecule has 2 rings (SSSR count). The number of aliphatic carboxylic acids is 1. The molecule has 6 nitrogen and oxygen atoms in total. The van der Waals surface area contributed by atoms with Crippen molar-refractivity contribution in [2.24, 2.45) is 5.92 Å². The van der Waals surface area contributed by atoms with E-state index in [1.54, 1.807) is 6.92 Å². The molecule has 27 heavy (non-hydrogen) atoms. The van der Waals surface area contributed by atoms with Gasteiger partial charge in [-0.3, -0.25) is 14.4 Å². The number of halogens is 1. The van der Waals surface area contributed by atoms with E-state index in [4.69, 9.17) is 5.11 Å². The van der Waals surface area contributed by atoms with Crippen LogP contribution < -0.4 is 5.32 Å². The zero-order valence-corrected chi connectivity index (χ0v) is 15.6. The van der Waals surface area contributed by atoms with E-state index in [1.165, 1.54) is 30.7 Å². The summed E-state index contributed by atoms with van der Waals surface area (Å²) in [5, 5.41) is 11.8. The average Bonchev–Trinajstić information content (AvgIpc) is 2.62. The van der Waals surface area contributed by atoms with Gasteiger partial charge in [0.1, 0.15) is 18.4 Å². The lowest BCUT2D eigenvalue weighted by molar-refractivity contribution is -0.146. The van der Waals surface area contributed by atoms with Crippen LogP contribution in [0.2, 0.25) is 0 Å². The van der Waals surface area contributed by atoms with Crippen molar-refractivity contribution in [1.29, 1.82) is 0 Å². The highest BCUT2D eigenvalue weighted by molar-refractivity contribution is 5.89. The van der Waals surface area contributed by atoms with Gasteiger partial charge in [0.25, 0.3) is 0 Å². The van der Waals surface area contributed by atoms with Crippen molar-refractivity contribution in [2.45, 2.75) is 58.0 Å². The highest BCUT2D eigenvalue weighted by atomic mass is 19.1. The summed E-state index contributed by atoms with van der Waals surface area (Å²) in [5.41, 5.74) is 0.617. The lowest BCUT2D eigenvalue weighted by Crippen LogP contribution is -2.48. The zero-order chi connectivity index (χ0) is 19.8. The molecule has 1 saturated carbocycles.